The van der Waals surface area contributed by atoms with E-state index in [0.29, 0.717) is 35.0 Å². The van der Waals surface area contributed by atoms with E-state index in [0.717, 1.165) is 3.58 Å². The summed E-state index contributed by atoms with van der Waals surface area (Å²) in [7, 11) is 4.57. The monoisotopic (exact) mass is 474 g/mol. The van der Waals surface area contributed by atoms with Crippen molar-refractivity contribution in [2.75, 3.05) is 21.3 Å². The first-order valence-corrected chi connectivity index (χ1v) is 8.81. The normalized spacial score (nSPS) is 12.5. The quantitative estimate of drug-likeness (QED) is 0.447. The SMILES string of the molecule is COc1cc(C(O)C/C(I)=C/Oc2ccc(F)cc2)cc(OC)c1OC. The Morgan fingerprint density at radius 3 is 2.15 bits per heavy atom. The first-order valence-electron chi connectivity index (χ1n) is 7.73. The summed E-state index contributed by atoms with van der Waals surface area (Å²) in [6.45, 7) is 0. The van der Waals surface area contributed by atoms with Crippen LogP contribution in [0.1, 0.15) is 18.1 Å². The van der Waals surface area contributed by atoms with Gasteiger partial charge in [-0.25, -0.2) is 4.39 Å². The van der Waals surface area contributed by atoms with Gasteiger partial charge in [-0.2, -0.15) is 0 Å². The highest BCUT2D eigenvalue weighted by molar-refractivity contribution is 14.1. The molecule has 0 fully saturated rings. The molecule has 0 heterocycles. The lowest BCUT2D eigenvalue weighted by atomic mass is 10.1. The van der Waals surface area contributed by atoms with E-state index in [1.807, 2.05) is 0 Å². The van der Waals surface area contributed by atoms with Gasteiger partial charge in [0.15, 0.2) is 11.5 Å². The Hall–Kier alpha value is -2.00. The van der Waals surface area contributed by atoms with Crippen LogP contribution >= 0.6 is 22.6 Å². The van der Waals surface area contributed by atoms with E-state index in [1.54, 1.807) is 12.1 Å². The lowest BCUT2D eigenvalue weighted by Crippen LogP contribution is -2.02. The maximum Gasteiger partial charge on any atom is 0.203 e. The fourth-order valence-electron chi connectivity index (χ4n) is 2.29. The van der Waals surface area contributed by atoms with Crippen molar-refractivity contribution in [1.82, 2.24) is 0 Å². The minimum atomic E-state index is -0.788. The van der Waals surface area contributed by atoms with E-state index in [-0.39, 0.29) is 5.82 Å². The van der Waals surface area contributed by atoms with Crippen LogP contribution in [0.15, 0.2) is 46.2 Å². The first kappa shape index (κ1) is 20.3. The van der Waals surface area contributed by atoms with Gasteiger partial charge in [-0.15, -0.1) is 0 Å². The molecule has 140 valence electrons. The molecule has 0 saturated heterocycles. The average molecular weight is 474 g/mol. The van der Waals surface area contributed by atoms with Gasteiger partial charge in [0.2, 0.25) is 5.75 Å². The number of benzene rings is 2. The highest BCUT2D eigenvalue weighted by Gasteiger charge is 2.18. The number of hydrogen-bond acceptors (Lipinski definition) is 5. The first-order chi connectivity index (χ1) is 12.5. The van der Waals surface area contributed by atoms with Crippen LogP contribution < -0.4 is 18.9 Å². The van der Waals surface area contributed by atoms with Gasteiger partial charge < -0.3 is 24.1 Å². The fourth-order valence-corrected chi connectivity index (χ4v) is 2.83. The molecule has 0 aliphatic rings. The summed E-state index contributed by atoms with van der Waals surface area (Å²) in [5.41, 5.74) is 0.629. The molecule has 0 bridgehead atoms. The Balaban J connectivity index is 2.11. The fraction of sp³-hybridized carbons (Fsp3) is 0.263. The van der Waals surface area contributed by atoms with Crippen LogP contribution in [-0.4, -0.2) is 26.4 Å². The predicted octanol–water partition coefficient (Wildman–Crippen LogP) is 4.63. The van der Waals surface area contributed by atoms with Crippen LogP contribution in [0.5, 0.6) is 23.0 Å². The van der Waals surface area contributed by atoms with Crippen LogP contribution in [0, 0.1) is 5.82 Å². The molecule has 0 amide bonds. The minimum absolute atomic E-state index is 0.325. The van der Waals surface area contributed by atoms with E-state index in [9.17, 15) is 9.50 Å². The molecule has 1 atom stereocenters. The molecule has 0 radical (unpaired) electrons. The molecule has 0 aliphatic heterocycles. The summed E-state index contributed by atoms with van der Waals surface area (Å²) in [6.07, 6.45) is 1.07. The largest absolute Gasteiger partial charge is 0.493 e. The van der Waals surface area contributed by atoms with Crippen molar-refractivity contribution in [3.8, 4) is 23.0 Å². The van der Waals surface area contributed by atoms with Gasteiger partial charge in [0.05, 0.1) is 27.4 Å². The molecule has 0 aliphatic carbocycles. The Bertz CT molecular complexity index is 736. The third-order valence-electron chi connectivity index (χ3n) is 3.60. The number of methoxy groups -OCH3 is 3. The maximum atomic E-state index is 12.9. The van der Waals surface area contributed by atoms with Gasteiger partial charge in [-0.3, -0.25) is 0 Å². The van der Waals surface area contributed by atoms with E-state index < -0.39 is 6.10 Å². The van der Waals surface area contributed by atoms with E-state index in [4.69, 9.17) is 18.9 Å². The number of ether oxygens (including phenoxy) is 4. The lowest BCUT2D eigenvalue weighted by molar-refractivity contribution is 0.179. The molecule has 5 nitrogen and oxygen atoms in total. The lowest BCUT2D eigenvalue weighted by Gasteiger charge is -2.17. The van der Waals surface area contributed by atoms with Crippen LogP contribution in [0.3, 0.4) is 0 Å². The van der Waals surface area contributed by atoms with Crippen molar-refractivity contribution in [3.05, 3.63) is 57.6 Å². The van der Waals surface area contributed by atoms with E-state index in [2.05, 4.69) is 22.6 Å². The topological polar surface area (TPSA) is 57.2 Å². The summed E-state index contributed by atoms with van der Waals surface area (Å²) in [5, 5.41) is 10.5. The molecule has 0 aromatic heterocycles. The molecule has 1 N–H and O–H groups in total. The molecular weight excluding hydrogens is 454 g/mol. The van der Waals surface area contributed by atoms with Gasteiger partial charge in [-0.05, 0) is 64.6 Å². The van der Waals surface area contributed by atoms with Gasteiger partial charge in [0, 0.05) is 10.0 Å². The second-order valence-electron chi connectivity index (χ2n) is 5.32. The van der Waals surface area contributed by atoms with Crippen LogP contribution in [0.25, 0.3) is 0 Å². The molecule has 0 spiro atoms. The maximum absolute atomic E-state index is 12.9. The Morgan fingerprint density at radius 1 is 1.08 bits per heavy atom. The van der Waals surface area contributed by atoms with Crippen LogP contribution in [0.4, 0.5) is 4.39 Å². The van der Waals surface area contributed by atoms with Gasteiger partial charge in [0.1, 0.15) is 17.8 Å². The molecule has 7 heteroatoms. The highest BCUT2D eigenvalue weighted by Crippen LogP contribution is 2.40. The van der Waals surface area contributed by atoms with Crippen molar-refractivity contribution in [2.45, 2.75) is 12.5 Å². The van der Waals surface area contributed by atoms with Crippen LogP contribution in [-0.2, 0) is 0 Å². The summed E-state index contributed by atoms with van der Waals surface area (Å²) in [4.78, 5) is 0. The zero-order chi connectivity index (χ0) is 19.1. The number of aliphatic hydroxyl groups excluding tert-OH is 1. The highest BCUT2D eigenvalue weighted by atomic mass is 127. The number of hydrogen-bond donors (Lipinski definition) is 1. The van der Waals surface area contributed by atoms with E-state index >= 15 is 0 Å². The second-order valence-corrected chi connectivity index (χ2v) is 6.70. The third kappa shape index (κ3) is 5.25. The zero-order valence-corrected chi connectivity index (χ0v) is 16.8. The molecule has 2 aromatic carbocycles. The third-order valence-corrected chi connectivity index (χ3v) is 4.29. The molecule has 0 saturated carbocycles. The van der Waals surface area contributed by atoms with Gasteiger partial charge >= 0.3 is 0 Å². The predicted molar refractivity (Wildman–Crippen MR) is 105 cm³/mol. The summed E-state index contributed by atoms with van der Waals surface area (Å²) in [5.74, 6) is 1.61. The molecule has 2 aromatic rings. The number of rotatable bonds is 8. The molecule has 1 unspecified atom stereocenters. The van der Waals surface area contributed by atoms with Gasteiger partial charge in [-0.1, -0.05) is 0 Å². The molecular formula is C19H20FIO5. The summed E-state index contributed by atoms with van der Waals surface area (Å²) >= 11 is 2.08. The summed E-state index contributed by atoms with van der Waals surface area (Å²) in [6, 6.07) is 9.12. The Labute approximate surface area is 165 Å². The van der Waals surface area contributed by atoms with Crippen molar-refractivity contribution in [2.24, 2.45) is 0 Å². The van der Waals surface area contributed by atoms with Crippen molar-refractivity contribution in [1.29, 1.82) is 0 Å². The standard InChI is InChI=1S/C19H20FIO5/c1-23-17-8-12(9-18(24-2)19(17)25-3)16(22)10-14(21)11-26-15-6-4-13(20)5-7-15/h4-9,11,16,22H,10H2,1-3H3/b14-11-. The smallest absolute Gasteiger partial charge is 0.203 e. The summed E-state index contributed by atoms with van der Waals surface area (Å²) < 4.78 is 35.0. The zero-order valence-electron chi connectivity index (χ0n) is 14.7. The van der Waals surface area contributed by atoms with Gasteiger partial charge in [0.25, 0.3) is 0 Å². The average Bonchev–Trinajstić information content (AvgIpc) is 2.66. The van der Waals surface area contributed by atoms with E-state index in [1.165, 1.54) is 51.9 Å². The van der Waals surface area contributed by atoms with Crippen molar-refractivity contribution >= 4 is 22.6 Å². The van der Waals surface area contributed by atoms with Crippen molar-refractivity contribution < 1.29 is 28.4 Å². The second kappa shape index (κ2) is 9.63. The Morgan fingerprint density at radius 2 is 1.65 bits per heavy atom. The molecule has 2 rings (SSSR count). The van der Waals surface area contributed by atoms with Crippen molar-refractivity contribution in [3.63, 3.8) is 0 Å². The van der Waals surface area contributed by atoms with Crippen LogP contribution in [0.2, 0.25) is 0 Å². The number of halogens is 2. The number of aliphatic hydroxyl groups is 1. The minimum Gasteiger partial charge on any atom is -0.493 e. The Kier molecular flexibility index (Phi) is 7.52. The molecule has 26 heavy (non-hydrogen) atoms.